The van der Waals surface area contributed by atoms with E-state index in [1.165, 1.54) is 77.9 Å². The van der Waals surface area contributed by atoms with Crippen LogP contribution in [0.4, 0.5) is 0 Å². The summed E-state index contributed by atoms with van der Waals surface area (Å²) in [7, 11) is 0. The van der Waals surface area contributed by atoms with Gasteiger partial charge in [-0.15, -0.1) is 74.1 Å². The predicted molar refractivity (Wildman–Crippen MR) is 578 cm³/mol. The van der Waals surface area contributed by atoms with E-state index in [0.29, 0.717) is 57.5 Å². The molecule has 18 aromatic carbocycles. The summed E-state index contributed by atoms with van der Waals surface area (Å²) < 4.78 is 75.8. The van der Waals surface area contributed by atoms with Crippen LogP contribution < -0.4 is 56.8 Å². The van der Waals surface area contributed by atoms with Gasteiger partial charge in [-0.05, 0) is 333 Å². The Morgan fingerprint density at radius 3 is 0.586 bits per heavy atom. The molecule has 0 amide bonds. The Balaban J connectivity index is 0.000000123. The van der Waals surface area contributed by atoms with Gasteiger partial charge in [0.05, 0.1) is 10.8 Å². The highest BCUT2D eigenvalue weighted by atomic mass is 16.6. The van der Waals surface area contributed by atoms with Gasteiger partial charge in [-0.1, -0.05) is 234 Å². The highest BCUT2D eigenvalue weighted by Gasteiger charge is 2.58. The number of para-hydroxylation sites is 12. The van der Waals surface area contributed by atoms with Gasteiger partial charge in [0.1, 0.15) is 0 Å². The second-order valence-electron chi connectivity index (χ2n) is 37.3. The summed E-state index contributed by atoms with van der Waals surface area (Å²) in [4.78, 5) is 0. The maximum Gasteiger partial charge on any atom is 0.170 e. The van der Waals surface area contributed by atoms with E-state index in [1.54, 1.807) is 41.5 Å². The van der Waals surface area contributed by atoms with Crippen molar-refractivity contribution >= 4 is 21.5 Å². The van der Waals surface area contributed by atoms with Crippen molar-refractivity contribution in [2.45, 2.75) is 109 Å². The van der Waals surface area contributed by atoms with Crippen molar-refractivity contribution in [3.63, 3.8) is 0 Å². The van der Waals surface area contributed by atoms with E-state index in [9.17, 15) is 0 Å². The third-order valence-electron chi connectivity index (χ3n) is 27.2. The zero-order valence-corrected chi connectivity index (χ0v) is 81.9. The predicted octanol–water partition coefficient (Wildman–Crippen LogP) is 35.0. The molecule has 10 aliphatic rings. The smallest absolute Gasteiger partial charge is 0.170 e. The van der Waals surface area contributed by atoms with Crippen LogP contribution >= 0.6 is 0 Å². The summed E-state index contributed by atoms with van der Waals surface area (Å²) in [5.74, 6) is 31.0. The third-order valence-corrected chi connectivity index (χ3v) is 27.2. The van der Waals surface area contributed by atoms with Gasteiger partial charge in [0.25, 0.3) is 0 Å². The second-order valence-corrected chi connectivity index (χ2v) is 37.3. The lowest BCUT2D eigenvalue weighted by Gasteiger charge is -2.35. The van der Waals surface area contributed by atoms with E-state index in [-0.39, 0.29) is 16.2 Å². The first kappa shape index (κ1) is 94.1. The van der Waals surface area contributed by atoms with Gasteiger partial charge in [-0.2, -0.15) is 0 Å². The summed E-state index contributed by atoms with van der Waals surface area (Å²) in [6.07, 6.45) is 29.6. The number of ether oxygens (including phenoxy) is 12. The zero-order chi connectivity index (χ0) is 100. The first-order chi connectivity index (χ1) is 70.7. The number of fused-ring (bicyclic) bond motifs is 24. The largest absolute Gasteiger partial charge is 0.450 e. The Morgan fingerprint density at radius 2 is 0.345 bits per heavy atom. The SMILES string of the molecule is C#CC.C#CC.C#CC.C#CC.C#CC.C#CC.CC1(C)CC2(CC(C)(C)c3cc4c(cc32)Oc2ccccc2O4)c2cc3c(cc21)Oc1ccccc1O3.c1ccc2c(c1)Oc1cc3ccc(C4(c5ccc6cc7c(cc6c5)Oc5ccccc5O7)c5ccccc5-c5ccccc54)cc3cc1O2.c1ccc2c(c1)Oc1ccc(C3(c4ccc5c(c4)Oc4ccccc4O5)c4ccccc4-c4ccccc43)cc1O2. The van der Waals surface area contributed by atoms with Gasteiger partial charge >= 0.3 is 0 Å². The second kappa shape index (κ2) is 38.9. The summed E-state index contributed by atoms with van der Waals surface area (Å²) >= 11 is 0. The molecule has 12 heteroatoms. The van der Waals surface area contributed by atoms with E-state index in [0.717, 1.165) is 126 Å². The van der Waals surface area contributed by atoms with Gasteiger partial charge in [0.15, 0.2) is 138 Å². The Kier molecular flexibility index (Phi) is 25.2. The van der Waals surface area contributed by atoms with Gasteiger partial charge in [-0.25, -0.2) is 0 Å². The first-order valence-electron chi connectivity index (χ1n) is 47.9. The van der Waals surface area contributed by atoms with Crippen LogP contribution in [0.1, 0.15) is 149 Å². The molecule has 0 saturated carbocycles. The summed E-state index contributed by atoms with van der Waals surface area (Å²) in [6, 6.07) is 125. The molecule has 145 heavy (non-hydrogen) atoms. The van der Waals surface area contributed by atoms with Crippen molar-refractivity contribution in [2.75, 3.05) is 0 Å². The average Bonchev–Trinajstić information content (AvgIpc) is 1.53. The Bertz CT molecular complexity index is 7930. The Hall–Kier alpha value is -18.6. The molecular formula is C133H100O12. The van der Waals surface area contributed by atoms with Crippen molar-refractivity contribution < 1.29 is 56.8 Å². The lowest BCUT2D eigenvalue weighted by molar-refractivity contribution is 0.348. The zero-order valence-electron chi connectivity index (χ0n) is 81.9. The summed E-state index contributed by atoms with van der Waals surface area (Å²) in [6.45, 7) is 19.3. The van der Waals surface area contributed by atoms with Crippen LogP contribution in [0, 0.1) is 74.1 Å². The van der Waals surface area contributed by atoms with E-state index < -0.39 is 10.8 Å². The third kappa shape index (κ3) is 16.6. The highest BCUT2D eigenvalue weighted by molar-refractivity contribution is 5.95. The molecule has 704 valence electrons. The molecule has 0 atom stereocenters. The minimum absolute atomic E-state index is 0.0256. The average molecular weight is 1890 g/mol. The molecule has 0 N–H and O–H groups in total. The minimum Gasteiger partial charge on any atom is -0.450 e. The van der Waals surface area contributed by atoms with Gasteiger partial charge in [0.2, 0.25) is 0 Å². The van der Waals surface area contributed by atoms with E-state index in [2.05, 4.69) is 308 Å². The minimum atomic E-state index is -0.627. The Morgan fingerprint density at radius 1 is 0.172 bits per heavy atom. The quantitative estimate of drug-likeness (QED) is 0.156. The van der Waals surface area contributed by atoms with Crippen LogP contribution in [0.15, 0.2) is 364 Å². The molecule has 0 radical (unpaired) electrons. The summed E-state index contributed by atoms with van der Waals surface area (Å²) in [5, 5.41) is 4.34. The fraction of sp³-hybridized carbons (Fsp3) is 0.128. The molecule has 0 unspecified atom stereocenters. The van der Waals surface area contributed by atoms with Crippen molar-refractivity contribution in [1.29, 1.82) is 0 Å². The molecule has 0 saturated heterocycles. The van der Waals surface area contributed by atoms with Crippen LogP contribution in [0.2, 0.25) is 0 Å². The molecule has 0 aromatic heterocycles. The lowest BCUT2D eigenvalue weighted by atomic mass is 9.67. The molecule has 1 spiro atoms. The van der Waals surface area contributed by atoms with E-state index in [1.807, 2.05) is 158 Å². The van der Waals surface area contributed by atoms with Crippen LogP contribution in [-0.4, -0.2) is 0 Å². The maximum absolute atomic E-state index is 6.39. The van der Waals surface area contributed by atoms with Crippen molar-refractivity contribution in [3.05, 3.63) is 431 Å². The van der Waals surface area contributed by atoms with Crippen molar-refractivity contribution in [2.24, 2.45) is 0 Å². The number of benzene rings is 18. The lowest BCUT2D eigenvalue weighted by Crippen LogP contribution is -2.28. The molecule has 6 aliphatic heterocycles. The van der Waals surface area contributed by atoms with Crippen molar-refractivity contribution in [3.8, 4) is 234 Å². The number of hydrogen-bond acceptors (Lipinski definition) is 12. The summed E-state index contributed by atoms with van der Waals surface area (Å²) in [5.41, 5.74) is 18.3. The van der Waals surface area contributed by atoms with Gasteiger partial charge < -0.3 is 56.8 Å². The van der Waals surface area contributed by atoms with E-state index in [4.69, 9.17) is 56.8 Å². The van der Waals surface area contributed by atoms with Gasteiger partial charge in [0, 0.05) is 5.41 Å². The number of terminal acetylenes is 6. The standard InChI is InChI=1S/C45H26O4.C37H22O4.C33H28O4.6C3H4/c1-3-11-35-33(9-1)34-10-2-4-12-36(34)45(35,31-19-17-27-23-41-43(25-29(27)21-31)48-39-15-7-5-13-37(39)46-41)32-20-18-28-24-42-44(26-30(28)22-32)49-40-16-8-6-14-38(40)47-42;1-3-11-27-25(9-1)26-10-2-4-12-28(26)37(27,23-17-19-33-35(21-23)40-31-15-7-5-13-29(31)38-33)24-18-20-34-36(22-24)41-32-16-8-6-14-30(32)39-34;1-31(2)17-33(21-15-29-27(13-19(21)31)34-23-9-5-7-11-25(23)36-29)18-32(3,4)20-14-28-30(16-22(20)33)37-26-12-8-6-10-24(26)35-28;6*1-3-2/h1-26H;1-22H;5-16H,17-18H2,1-4H3;6*1H,2H3. The molecular weight excluding hydrogens is 1790 g/mol. The monoisotopic (exact) mass is 1890 g/mol. The van der Waals surface area contributed by atoms with Crippen LogP contribution in [-0.2, 0) is 27.1 Å². The fourth-order valence-electron chi connectivity index (χ4n) is 21.9. The molecule has 28 rings (SSSR count). The molecule has 0 fully saturated rings. The van der Waals surface area contributed by atoms with Crippen LogP contribution in [0.25, 0.3) is 43.8 Å². The molecule has 18 aromatic rings. The molecule has 4 aliphatic carbocycles. The van der Waals surface area contributed by atoms with Crippen molar-refractivity contribution in [1.82, 2.24) is 0 Å². The fourth-order valence-corrected chi connectivity index (χ4v) is 21.9. The van der Waals surface area contributed by atoms with Crippen LogP contribution in [0.3, 0.4) is 0 Å². The molecule has 0 bridgehead atoms. The van der Waals surface area contributed by atoms with E-state index >= 15 is 0 Å². The molecule has 12 nitrogen and oxygen atoms in total. The molecule has 6 heterocycles. The highest BCUT2D eigenvalue weighted by Crippen LogP contribution is 2.68. The number of rotatable bonds is 4. The normalized spacial score (nSPS) is 14.2. The topological polar surface area (TPSA) is 111 Å². The maximum atomic E-state index is 6.39. The van der Waals surface area contributed by atoms with Crippen LogP contribution in [0.5, 0.6) is 138 Å². The number of hydrogen-bond donors (Lipinski definition) is 0. The Labute approximate surface area is 847 Å². The van der Waals surface area contributed by atoms with Gasteiger partial charge in [-0.3, -0.25) is 0 Å². The first-order valence-corrected chi connectivity index (χ1v) is 47.9.